The smallest absolute Gasteiger partial charge is 0.261 e. The van der Waals surface area contributed by atoms with Gasteiger partial charge in [-0.25, -0.2) is 4.39 Å². The molecule has 0 N–H and O–H groups in total. The van der Waals surface area contributed by atoms with Gasteiger partial charge in [0.15, 0.2) is 0 Å². The Bertz CT molecular complexity index is 1260. The van der Waals surface area contributed by atoms with Gasteiger partial charge in [-0.2, -0.15) is 0 Å². The Morgan fingerprint density at radius 2 is 1.39 bits per heavy atom. The van der Waals surface area contributed by atoms with Gasteiger partial charge in [-0.3, -0.25) is 14.5 Å². The molecule has 0 atom stereocenters. The molecule has 0 saturated heterocycles. The first kappa shape index (κ1) is 19.2. The van der Waals surface area contributed by atoms with Gasteiger partial charge < -0.3 is 4.57 Å². The lowest BCUT2D eigenvalue weighted by Gasteiger charge is -2.13. The second-order valence-electron chi connectivity index (χ2n) is 7.78. The van der Waals surface area contributed by atoms with Gasteiger partial charge >= 0.3 is 0 Å². The molecule has 1 aromatic heterocycles. The minimum absolute atomic E-state index is 0.200. The van der Waals surface area contributed by atoms with Crippen LogP contribution >= 0.6 is 0 Å². The number of nitrogens with zero attached hydrogens (tertiary/aromatic N) is 2. The van der Waals surface area contributed by atoms with E-state index in [0.29, 0.717) is 17.7 Å². The van der Waals surface area contributed by atoms with Gasteiger partial charge in [0.05, 0.1) is 16.6 Å². The third kappa shape index (κ3) is 3.42. The predicted octanol–water partition coefficient (Wildman–Crippen LogP) is 5.39. The molecule has 2 heterocycles. The molecule has 1 aliphatic heterocycles. The molecule has 0 bridgehead atoms. The molecule has 0 radical (unpaired) electrons. The molecule has 5 heteroatoms. The monoisotopic (exact) mass is 412 g/mol. The van der Waals surface area contributed by atoms with Crippen LogP contribution in [-0.2, 0) is 6.42 Å². The zero-order valence-electron chi connectivity index (χ0n) is 16.9. The van der Waals surface area contributed by atoms with E-state index in [1.807, 2.05) is 12.1 Å². The second kappa shape index (κ2) is 7.84. The minimum atomic E-state index is -0.256. The molecule has 4 aromatic rings. The molecule has 154 valence electrons. The SMILES string of the molecule is O=C1c2ccccc2C(=O)N1CCCCc1cn(-c2ccc(F)cc2)c2ccccc12. The van der Waals surface area contributed by atoms with Crippen molar-refractivity contribution in [3.05, 3.63) is 102 Å². The van der Waals surface area contributed by atoms with Crippen LogP contribution in [0.25, 0.3) is 16.6 Å². The van der Waals surface area contributed by atoms with Gasteiger partial charge in [-0.1, -0.05) is 30.3 Å². The molecule has 0 saturated carbocycles. The number of benzene rings is 3. The third-order valence-electron chi connectivity index (χ3n) is 5.86. The summed E-state index contributed by atoms with van der Waals surface area (Å²) in [7, 11) is 0. The Morgan fingerprint density at radius 3 is 2.10 bits per heavy atom. The molecule has 31 heavy (non-hydrogen) atoms. The van der Waals surface area contributed by atoms with Gasteiger partial charge in [0.1, 0.15) is 5.82 Å². The van der Waals surface area contributed by atoms with Crippen LogP contribution in [0.5, 0.6) is 0 Å². The summed E-state index contributed by atoms with van der Waals surface area (Å²) < 4.78 is 15.4. The number of rotatable bonds is 6. The van der Waals surface area contributed by atoms with Crippen molar-refractivity contribution in [3.63, 3.8) is 0 Å². The third-order valence-corrected chi connectivity index (χ3v) is 5.86. The topological polar surface area (TPSA) is 42.3 Å². The zero-order chi connectivity index (χ0) is 21.4. The minimum Gasteiger partial charge on any atom is -0.316 e. The predicted molar refractivity (Wildman–Crippen MR) is 118 cm³/mol. The highest BCUT2D eigenvalue weighted by molar-refractivity contribution is 6.21. The Kier molecular flexibility index (Phi) is 4.86. The van der Waals surface area contributed by atoms with E-state index >= 15 is 0 Å². The maximum absolute atomic E-state index is 13.3. The number of carbonyl (C=O) groups is 2. The summed E-state index contributed by atoms with van der Waals surface area (Å²) in [4.78, 5) is 26.4. The summed E-state index contributed by atoms with van der Waals surface area (Å²) in [6, 6.07) is 21.6. The normalized spacial score (nSPS) is 13.3. The first-order chi connectivity index (χ1) is 15.1. The molecule has 0 spiro atoms. The van der Waals surface area contributed by atoms with Gasteiger partial charge in [-0.05, 0) is 67.3 Å². The van der Waals surface area contributed by atoms with Crippen LogP contribution < -0.4 is 0 Å². The quantitative estimate of drug-likeness (QED) is 0.315. The van der Waals surface area contributed by atoms with Gasteiger partial charge in [0, 0.05) is 23.8 Å². The number of amides is 2. The average Bonchev–Trinajstić information content (AvgIpc) is 3.28. The van der Waals surface area contributed by atoms with E-state index in [1.54, 1.807) is 36.4 Å². The lowest BCUT2D eigenvalue weighted by molar-refractivity contribution is 0.0652. The largest absolute Gasteiger partial charge is 0.316 e. The van der Waals surface area contributed by atoms with E-state index < -0.39 is 0 Å². The number of hydrogen-bond acceptors (Lipinski definition) is 2. The molecule has 1 aliphatic rings. The van der Waals surface area contributed by atoms with Crippen LogP contribution in [0.2, 0.25) is 0 Å². The summed E-state index contributed by atoms with van der Waals surface area (Å²) in [5, 5.41) is 1.16. The summed E-state index contributed by atoms with van der Waals surface area (Å²) >= 11 is 0. The van der Waals surface area contributed by atoms with Crippen LogP contribution in [0, 0.1) is 5.82 Å². The number of imide groups is 1. The lowest BCUT2D eigenvalue weighted by Crippen LogP contribution is -2.30. The maximum atomic E-state index is 13.3. The van der Waals surface area contributed by atoms with Crippen molar-refractivity contribution in [2.24, 2.45) is 0 Å². The number of carbonyl (C=O) groups excluding carboxylic acids is 2. The molecule has 0 unspecified atom stereocenters. The number of hydrogen-bond donors (Lipinski definition) is 0. The lowest BCUT2D eigenvalue weighted by atomic mass is 10.1. The number of halogens is 1. The molecular formula is C26H21FN2O2. The van der Waals surface area contributed by atoms with Crippen molar-refractivity contribution >= 4 is 22.7 Å². The molecular weight excluding hydrogens is 391 g/mol. The van der Waals surface area contributed by atoms with Gasteiger partial charge in [0.25, 0.3) is 11.8 Å². The Balaban J connectivity index is 1.29. The Hall–Kier alpha value is -3.73. The summed E-state index contributed by atoms with van der Waals surface area (Å²) in [5.74, 6) is -0.657. The van der Waals surface area contributed by atoms with E-state index in [1.165, 1.54) is 22.6 Å². The Labute approximate surface area is 179 Å². The fourth-order valence-corrected chi connectivity index (χ4v) is 4.29. The summed E-state index contributed by atoms with van der Waals surface area (Å²) in [6.45, 7) is 0.420. The van der Waals surface area contributed by atoms with E-state index in [0.717, 1.165) is 35.9 Å². The van der Waals surface area contributed by atoms with Crippen molar-refractivity contribution in [1.82, 2.24) is 9.47 Å². The first-order valence-corrected chi connectivity index (χ1v) is 10.4. The number of unbranched alkanes of at least 4 members (excludes halogenated alkanes) is 1. The average molecular weight is 412 g/mol. The van der Waals surface area contributed by atoms with Crippen LogP contribution in [0.1, 0.15) is 39.1 Å². The molecule has 0 aliphatic carbocycles. The van der Waals surface area contributed by atoms with E-state index in [9.17, 15) is 14.0 Å². The van der Waals surface area contributed by atoms with Crippen LogP contribution in [-0.4, -0.2) is 27.8 Å². The van der Waals surface area contributed by atoms with Gasteiger partial charge in [-0.15, -0.1) is 0 Å². The standard InChI is InChI=1S/C26H21FN2O2/c27-19-12-14-20(15-13-19)29-17-18(21-8-3-4-11-24(21)29)7-5-6-16-28-25(30)22-9-1-2-10-23(22)26(28)31/h1-4,8-15,17H,5-7,16H2. The molecule has 3 aromatic carbocycles. The first-order valence-electron chi connectivity index (χ1n) is 10.4. The maximum Gasteiger partial charge on any atom is 0.261 e. The molecule has 5 rings (SSSR count). The Morgan fingerprint density at radius 1 is 0.742 bits per heavy atom. The highest BCUT2D eigenvalue weighted by Gasteiger charge is 2.34. The number of aromatic nitrogens is 1. The highest BCUT2D eigenvalue weighted by Crippen LogP contribution is 2.27. The fourth-order valence-electron chi connectivity index (χ4n) is 4.29. The summed E-state index contributed by atoms with van der Waals surface area (Å²) in [6.07, 6.45) is 4.52. The second-order valence-corrected chi connectivity index (χ2v) is 7.78. The zero-order valence-corrected chi connectivity index (χ0v) is 16.9. The van der Waals surface area contributed by atoms with E-state index in [4.69, 9.17) is 0 Å². The van der Waals surface area contributed by atoms with Crippen molar-refractivity contribution in [2.45, 2.75) is 19.3 Å². The van der Waals surface area contributed by atoms with Crippen LogP contribution in [0.3, 0.4) is 0 Å². The van der Waals surface area contributed by atoms with Gasteiger partial charge in [0.2, 0.25) is 0 Å². The van der Waals surface area contributed by atoms with Crippen LogP contribution in [0.4, 0.5) is 4.39 Å². The molecule has 2 amide bonds. The van der Waals surface area contributed by atoms with Crippen molar-refractivity contribution in [3.8, 4) is 5.69 Å². The van der Waals surface area contributed by atoms with Crippen LogP contribution in [0.15, 0.2) is 79.0 Å². The fraction of sp³-hybridized carbons (Fsp3) is 0.154. The molecule has 0 fully saturated rings. The van der Waals surface area contributed by atoms with E-state index in [2.05, 4.69) is 22.9 Å². The number of fused-ring (bicyclic) bond motifs is 2. The van der Waals surface area contributed by atoms with E-state index in [-0.39, 0.29) is 17.6 Å². The van der Waals surface area contributed by atoms with Crippen molar-refractivity contribution in [1.29, 1.82) is 0 Å². The van der Waals surface area contributed by atoms with Crippen molar-refractivity contribution in [2.75, 3.05) is 6.54 Å². The van der Waals surface area contributed by atoms with Crippen molar-refractivity contribution < 1.29 is 14.0 Å². The number of aryl methyl sites for hydroxylation is 1. The highest BCUT2D eigenvalue weighted by atomic mass is 19.1. The number of para-hydroxylation sites is 1. The molecule has 4 nitrogen and oxygen atoms in total. The summed E-state index contributed by atoms with van der Waals surface area (Å²) in [5.41, 5.74) is 4.17.